The van der Waals surface area contributed by atoms with Gasteiger partial charge in [-0.1, -0.05) is 0 Å². The van der Waals surface area contributed by atoms with E-state index >= 15 is 0 Å². The topological polar surface area (TPSA) is 107 Å². The third kappa shape index (κ3) is 4.71. The SMILES string of the molecule is Cc1occc(=O)c1[O-].Cc1occc(=O)c1[O-].[Zn+2]. The maximum atomic E-state index is 10.6. The molecule has 0 spiro atoms. The molecule has 0 atom stereocenters. The predicted octanol–water partition coefficient (Wildman–Crippen LogP) is 0.0411. The van der Waals surface area contributed by atoms with Gasteiger partial charge in [0.05, 0.1) is 24.0 Å². The molecule has 0 N–H and O–H groups in total. The smallest absolute Gasteiger partial charge is 0.868 e. The average Bonchev–Trinajstić information content (AvgIpc) is 2.34. The Morgan fingerprint density at radius 1 is 0.842 bits per heavy atom. The average molecular weight is 316 g/mol. The van der Waals surface area contributed by atoms with Crippen LogP contribution in [0.2, 0.25) is 0 Å². The van der Waals surface area contributed by atoms with E-state index in [1.54, 1.807) is 0 Å². The first kappa shape index (κ1) is 17.1. The molecule has 0 aliphatic heterocycles. The molecule has 6 nitrogen and oxygen atoms in total. The molecule has 2 rings (SSSR count). The molecule has 0 aliphatic carbocycles. The Kier molecular flexibility index (Phi) is 6.79. The van der Waals surface area contributed by atoms with Gasteiger partial charge in [-0.05, 0) is 25.3 Å². The van der Waals surface area contributed by atoms with Crippen LogP contribution in [0.15, 0.2) is 43.1 Å². The molecule has 19 heavy (non-hydrogen) atoms. The minimum absolute atomic E-state index is 0. The van der Waals surface area contributed by atoms with Crippen LogP contribution in [0.25, 0.3) is 0 Å². The summed E-state index contributed by atoms with van der Waals surface area (Å²) < 4.78 is 9.25. The Balaban J connectivity index is 0.000000324. The van der Waals surface area contributed by atoms with Gasteiger partial charge in [-0.2, -0.15) is 0 Å². The van der Waals surface area contributed by atoms with Gasteiger partial charge in [0.15, 0.2) is 10.9 Å². The Hall–Kier alpha value is -1.88. The van der Waals surface area contributed by atoms with Crippen molar-refractivity contribution < 1.29 is 38.5 Å². The van der Waals surface area contributed by atoms with Crippen LogP contribution in [0.1, 0.15) is 11.5 Å². The minimum Gasteiger partial charge on any atom is -0.868 e. The van der Waals surface area contributed by atoms with Crippen LogP contribution < -0.4 is 21.1 Å². The summed E-state index contributed by atoms with van der Waals surface area (Å²) in [6.45, 7) is 2.92. The molecule has 0 saturated carbocycles. The molecule has 0 aromatic carbocycles. The fourth-order valence-electron chi connectivity index (χ4n) is 1.00. The minimum atomic E-state index is -0.558. The molecule has 96 valence electrons. The van der Waals surface area contributed by atoms with Crippen molar-refractivity contribution in [3.8, 4) is 11.5 Å². The van der Waals surface area contributed by atoms with E-state index in [1.807, 2.05) is 0 Å². The molecule has 2 heterocycles. The van der Waals surface area contributed by atoms with Crippen molar-refractivity contribution in [3.63, 3.8) is 0 Å². The third-order valence-corrected chi connectivity index (χ3v) is 2.02. The monoisotopic (exact) mass is 314 g/mol. The maximum Gasteiger partial charge on any atom is 2.00 e. The van der Waals surface area contributed by atoms with Crippen LogP contribution in [0.4, 0.5) is 0 Å². The van der Waals surface area contributed by atoms with Crippen molar-refractivity contribution in [1.29, 1.82) is 0 Å². The van der Waals surface area contributed by atoms with E-state index in [0.29, 0.717) is 0 Å². The fourth-order valence-corrected chi connectivity index (χ4v) is 1.00. The van der Waals surface area contributed by atoms with Gasteiger partial charge >= 0.3 is 19.5 Å². The number of aryl methyl sites for hydroxylation is 2. The predicted molar refractivity (Wildman–Crippen MR) is 58.3 cm³/mol. The number of hydrogen-bond acceptors (Lipinski definition) is 6. The second kappa shape index (κ2) is 7.53. The first-order chi connectivity index (χ1) is 8.43. The van der Waals surface area contributed by atoms with Crippen LogP contribution in [-0.2, 0) is 19.5 Å². The summed E-state index contributed by atoms with van der Waals surface area (Å²) in [7, 11) is 0. The normalized spacial score (nSPS) is 8.95. The van der Waals surface area contributed by atoms with Crippen LogP contribution in [-0.4, -0.2) is 0 Å². The van der Waals surface area contributed by atoms with Crippen molar-refractivity contribution in [1.82, 2.24) is 0 Å². The molecule has 7 heteroatoms. The summed E-state index contributed by atoms with van der Waals surface area (Å²) in [5, 5.41) is 21.1. The van der Waals surface area contributed by atoms with Gasteiger partial charge in [0.2, 0.25) is 0 Å². The van der Waals surface area contributed by atoms with Crippen molar-refractivity contribution in [2.75, 3.05) is 0 Å². The Morgan fingerprint density at radius 2 is 1.16 bits per heavy atom. The van der Waals surface area contributed by atoms with Crippen molar-refractivity contribution in [2.45, 2.75) is 13.8 Å². The Labute approximate surface area is 121 Å². The first-order valence-corrected chi connectivity index (χ1v) is 4.94. The van der Waals surface area contributed by atoms with Crippen molar-refractivity contribution in [2.24, 2.45) is 0 Å². The van der Waals surface area contributed by atoms with Crippen molar-refractivity contribution >= 4 is 0 Å². The molecule has 0 bridgehead atoms. The quantitative estimate of drug-likeness (QED) is 0.635. The zero-order valence-electron chi connectivity index (χ0n) is 10.5. The fraction of sp³-hybridized carbons (Fsp3) is 0.167. The summed E-state index contributed by atoms with van der Waals surface area (Å²) >= 11 is 0. The molecule has 0 saturated heterocycles. The van der Waals surface area contributed by atoms with E-state index < -0.39 is 22.4 Å². The standard InChI is InChI=1S/2C6H6O3.Zn/c2*1-4-6(8)5(7)2-3-9-4;/h2*2-3,8H,1H3;/q;;+2/p-2. The molecule has 0 fully saturated rings. The van der Waals surface area contributed by atoms with Gasteiger partial charge in [0, 0.05) is 12.1 Å². The summed E-state index contributed by atoms with van der Waals surface area (Å²) in [5.41, 5.74) is -1.03. The van der Waals surface area contributed by atoms with E-state index in [0.717, 1.165) is 12.1 Å². The molecule has 0 unspecified atom stereocenters. The molecule has 0 amide bonds. The molecule has 2 aromatic rings. The molecular formula is C12H10O6Zn. The van der Waals surface area contributed by atoms with Gasteiger partial charge in [-0.15, -0.1) is 0 Å². The van der Waals surface area contributed by atoms with E-state index in [1.165, 1.54) is 26.4 Å². The summed E-state index contributed by atoms with van der Waals surface area (Å²) in [6.07, 6.45) is 2.41. The van der Waals surface area contributed by atoms with Gasteiger partial charge in [0.25, 0.3) is 0 Å². The first-order valence-electron chi connectivity index (χ1n) is 4.94. The maximum absolute atomic E-state index is 10.6. The molecule has 2 aromatic heterocycles. The van der Waals surface area contributed by atoms with Gasteiger partial charge in [-0.3, -0.25) is 9.59 Å². The van der Waals surface area contributed by atoms with E-state index in [2.05, 4.69) is 8.83 Å². The van der Waals surface area contributed by atoms with E-state index in [9.17, 15) is 19.8 Å². The summed E-state index contributed by atoms with van der Waals surface area (Å²) in [5.74, 6) is -0.833. The summed E-state index contributed by atoms with van der Waals surface area (Å²) in [6, 6.07) is 2.21. The molecule has 0 aliphatic rings. The van der Waals surface area contributed by atoms with Gasteiger partial charge in [0.1, 0.15) is 0 Å². The van der Waals surface area contributed by atoms with Gasteiger partial charge in [-0.25, -0.2) is 0 Å². The van der Waals surface area contributed by atoms with Crippen LogP contribution in [0, 0.1) is 13.8 Å². The molecular weight excluding hydrogens is 306 g/mol. The van der Waals surface area contributed by atoms with E-state index in [4.69, 9.17) is 0 Å². The number of rotatable bonds is 0. The Morgan fingerprint density at radius 3 is 1.37 bits per heavy atom. The second-order valence-corrected chi connectivity index (χ2v) is 3.34. The number of hydrogen-bond donors (Lipinski definition) is 0. The van der Waals surface area contributed by atoms with Gasteiger partial charge < -0.3 is 19.0 Å². The second-order valence-electron chi connectivity index (χ2n) is 3.34. The van der Waals surface area contributed by atoms with E-state index in [-0.39, 0.29) is 31.0 Å². The van der Waals surface area contributed by atoms with Crippen molar-refractivity contribution in [3.05, 3.63) is 56.6 Å². The molecule has 0 radical (unpaired) electrons. The zero-order valence-corrected chi connectivity index (χ0v) is 13.4. The van der Waals surface area contributed by atoms with Crippen LogP contribution in [0.3, 0.4) is 0 Å². The third-order valence-electron chi connectivity index (χ3n) is 2.02. The summed E-state index contributed by atoms with van der Waals surface area (Å²) in [4.78, 5) is 20.9. The van der Waals surface area contributed by atoms with Crippen LogP contribution >= 0.6 is 0 Å². The largest absolute Gasteiger partial charge is 2.00 e. The zero-order chi connectivity index (χ0) is 13.7. The Bertz CT molecular complexity index is 586. The van der Waals surface area contributed by atoms with Crippen LogP contribution in [0.5, 0.6) is 11.5 Å².